The lowest BCUT2D eigenvalue weighted by Gasteiger charge is -2.11. The van der Waals surface area contributed by atoms with Gasteiger partial charge in [0.1, 0.15) is 23.9 Å². The largest absolute Gasteiger partial charge is 0.491 e. The molecule has 0 aromatic heterocycles. The quantitative estimate of drug-likeness (QED) is 0.664. The van der Waals surface area contributed by atoms with Gasteiger partial charge in [-0.3, -0.25) is 0 Å². The molecule has 0 heterocycles. The number of hydrogen-bond donors (Lipinski definition) is 0. The summed E-state index contributed by atoms with van der Waals surface area (Å²) in [5, 5.41) is 0. The molecule has 22 heavy (non-hydrogen) atoms. The van der Waals surface area contributed by atoms with Crippen molar-refractivity contribution in [2.45, 2.75) is 0 Å². The van der Waals surface area contributed by atoms with Gasteiger partial charge in [-0.1, -0.05) is 24.3 Å². The summed E-state index contributed by atoms with van der Waals surface area (Å²) in [5.41, 5.74) is 0. The number of hydrogen-bond acceptors (Lipinski definition) is 4. The van der Waals surface area contributed by atoms with Crippen molar-refractivity contribution in [3.05, 3.63) is 54.6 Å². The maximum absolute atomic E-state index is 5.77. The van der Waals surface area contributed by atoms with Gasteiger partial charge in [0.15, 0.2) is 0 Å². The van der Waals surface area contributed by atoms with E-state index in [2.05, 4.69) is 4.90 Å². The van der Waals surface area contributed by atoms with Crippen molar-refractivity contribution in [3.8, 4) is 17.2 Å². The van der Waals surface area contributed by atoms with E-state index in [9.17, 15) is 0 Å². The lowest BCUT2D eigenvalue weighted by molar-refractivity contribution is 0.0889. The zero-order valence-corrected chi connectivity index (χ0v) is 13.2. The number of likely N-dealkylation sites (N-methyl/N-ethyl adjacent to an activating group) is 1. The molecular weight excluding hydrogens is 278 g/mol. The monoisotopic (exact) mass is 301 g/mol. The van der Waals surface area contributed by atoms with E-state index in [0.29, 0.717) is 19.8 Å². The Bertz CT molecular complexity index is 543. The molecule has 0 aliphatic carbocycles. The Labute approximate surface area is 132 Å². The molecule has 0 fully saturated rings. The second-order valence-corrected chi connectivity index (χ2v) is 5.15. The molecule has 4 heteroatoms. The first-order chi connectivity index (χ1) is 10.7. The normalized spacial score (nSPS) is 10.7. The van der Waals surface area contributed by atoms with Gasteiger partial charge in [-0.15, -0.1) is 0 Å². The van der Waals surface area contributed by atoms with Crippen LogP contribution in [0.15, 0.2) is 54.6 Å². The molecule has 0 aliphatic rings. The molecule has 0 bridgehead atoms. The van der Waals surface area contributed by atoms with Crippen LogP contribution in [0.25, 0.3) is 0 Å². The van der Waals surface area contributed by atoms with E-state index in [1.54, 1.807) is 0 Å². The highest BCUT2D eigenvalue weighted by Gasteiger charge is 2.00. The van der Waals surface area contributed by atoms with Crippen LogP contribution in [0.4, 0.5) is 0 Å². The predicted octanol–water partition coefficient (Wildman–Crippen LogP) is 3.44. The number of nitrogens with zero attached hydrogens (tertiary/aromatic N) is 1. The number of para-hydroxylation sites is 1. The van der Waals surface area contributed by atoms with Crippen LogP contribution in [-0.4, -0.2) is 45.4 Å². The maximum atomic E-state index is 5.77. The molecule has 2 rings (SSSR count). The predicted molar refractivity (Wildman–Crippen MR) is 87.8 cm³/mol. The van der Waals surface area contributed by atoms with Gasteiger partial charge in [0.25, 0.3) is 0 Å². The summed E-state index contributed by atoms with van der Waals surface area (Å²) in [6, 6.07) is 17.3. The minimum atomic E-state index is 0.530. The first-order valence-corrected chi connectivity index (χ1v) is 7.42. The van der Waals surface area contributed by atoms with Crippen LogP contribution >= 0.6 is 0 Å². The Morgan fingerprint density at radius 1 is 0.773 bits per heavy atom. The molecule has 0 N–H and O–H groups in total. The summed E-state index contributed by atoms with van der Waals surface area (Å²) in [7, 11) is 4.05. The van der Waals surface area contributed by atoms with Crippen molar-refractivity contribution >= 4 is 0 Å². The van der Waals surface area contributed by atoms with Gasteiger partial charge in [0, 0.05) is 12.6 Å². The van der Waals surface area contributed by atoms with Crippen molar-refractivity contribution in [2.24, 2.45) is 0 Å². The Balaban J connectivity index is 1.74. The molecule has 4 nitrogen and oxygen atoms in total. The average Bonchev–Trinajstić information content (AvgIpc) is 2.52. The van der Waals surface area contributed by atoms with E-state index in [-0.39, 0.29) is 0 Å². The average molecular weight is 301 g/mol. The van der Waals surface area contributed by atoms with Gasteiger partial charge in [0.2, 0.25) is 0 Å². The Hall–Kier alpha value is -2.04. The smallest absolute Gasteiger partial charge is 0.131 e. The summed E-state index contributed by atoms with van der Waals surface area (Å²) < 4.78 is 16.9. The third-order valence-electron chi connectivity index (χ3n) is 2.96. The van der Waals surface area contributed by atoms with E-state index < -0.39 is 0 Å². The highest BCUT2D eigenvalue weighted by atomic mass is 16.5. The Morgan fingerprint density at radius 3 is 2.27 bits per heavy atom. The molecule has 0 amide bonds. The van der Waals surface area contributed by atoms with Crippen molar-refractivity contribution < 1.29 is 14.2 Å². The molecule has 0 atom stereocenters. The number of ether oxygens (including phenoxy) is 3. The summed E-state index contributed by atoms with van der Waals surface area (Å²) in [4.78, 5) is 2.09. The number of rotatable bonds is 9. The van der Waals surface area contributed by atoms with E-state index in [1.807, 2.05) is 68.7 Å². The van der Waals surface area contributed by atoms with Gasteiger partial charge in [-0.2, -0.15) is 0 Å². The fourth-order valence-corrected chi connectivity index (χ4v) is 1.82. The van der Waals surface area contributed by atoms with Crippen LogP contribution in [-0.2, 0) is 4.74 Å². The fourth-order valence-electron chi connectivity index (χ4n) is 1.82. The molecule has 2 aromatic rings. The maximum Gasteiger partial charge on any atom is 0.131 e. The summed E-state index contributed by atoms with van der Waals surface area (Å²) >= 11 is 0. The van der Waals surface area contributed by atoms with Crippen LogP contribution in [0.5, 0.6) is 17.2 Å². The van der Waals surface area contributed by atoms with Gasteiger partial charge in [-0.05, 0) is 38.4 Å². The molecule has 118 valence electrons. The molecule has 0 unspecified atom stereocenters. The summed E-state index contributed by atoms with van der Waals surface area (Å²) in [6.07, 6.45) is 0. The lowest BCUT2D eigenvalue weighted by Crippen LogP contribution is -2.19. The van der Waals surface area contributed by atoms with Gasteiger partial charge < -0.3 is 19.1 Å². The second-order valence-electron chi connectivity index (χ2n) is 5.15. The highest BCUT2D eigenvalue weighted by Crippen LogP contribution is 2.24. The lowest BCUT2D eigenvalue weighted by atomic mass is 10.3. The SMILES string of the molecule is CN(C)CCOCCOc1cccc(Oc2ccccc2)c1. The number of benzene rings is 2. The summed E-state index contributed by atoms with van der Waals surface area (Å²) in [5.74, 6) is 2.36. The topological polar surface area (TPSA) is 30.9 Å². The zero-order valence-electron chi connectivity index (χ0n) is 13.2. The Morgan fingerprint density at radius 2 is 1.50 bits per heavy atom. The third-order valence-corrected chi connectivity index (χ3v) is 2.96. The summed E-state index contributed by atoms with van der Waals surface area (Å²) in [6.45, 7) is 2.74. The minimum Gasteiger partial charge on any atom is -0.491 e. The van der Waals surface area contributed by atoms with E-state index in [1.165, 1.54) is 0 Å². The van der Waals surface area contributed by atoms with Crippen molar-refractivity contribution in [2.75, 3.05) is 40.5 Å². The van der Waals surface area contributed by atoms with Gasteiger partial charge in [0.05, 0.1) is 13.2 Å². The molecule has 0 saturated heterocycles. The Kier molecular flexibility index (Phi) is 6.74. The van der Waals surface area contributed by atoms with Gasteiger partial charge in [-0.25, -0.2) is 0 Å². The highest BCUT2D eigenvalue weighted by molar-refractivity contribution is 5.36. The second kappa shape index (κ2) is 9.07. The first kappa shape index (κ1) is 16.3. The molecular formula is C18H23NO3. The van der Waals surface area contributed by atoms with E-state index >= 15 is 0 Å². The van der Waals surface area contributed by atoms with Crippen molar-refractivity contribution in [3.63, 3.8) is 0 Å². The fraction of sp³-hybridized carbons (Fsp3) is 0.333. The van der Waals surface area contributed by atoms with Crippen molar-refractivity contribution in [1.29, 1.82) is 0 Å². The standard InChI is InChI=1S/C18H23NO3/c1-19(2)11-12-20-13-14-21-17-9-6-10-18(15-17)22-16-7-4-3-5-8-16/h3-10,15H,11-14H2,1-2H3. The van der Waals surface area contributed by atoms with Crippen molar-refractivity contribution in [1.82, 2.24) is 4.90 Å². The molecule has 0 spiro atoms. The molecule has 2 aromatic carbocycles. The van der Waals surface area contributed by atoms with Crippen LogP contribution in [0, 0.1) is 0 Å². The van der Waals surface area contributed by atoms with Crippen LogP contribution in [0.2, 0.25) is 0 Å². The van der Waals surface area contributed by atoms with Gasteiger partial charge >= 0.3 is 0 Å². The zero-order chi connectivity index (χ0) is 15.6. The molecule has 0 saturated carbocycles. The van der Waals surface area contributed by atoms with Crippen LogP contribution in [0.1, 0.15) is 0 Å². The minimum absolute atomic E-state index is 0.530. The van der Waals surface area contributed by atoms with Crippen LogP contribution in [0.3, 0.4) is 0 Å². The van der Waals surface area contributed by atoms with E-state index in [0.717, 1.165) is 23.8 Å². The first-order valence-electron chi connectivity index (χ1n) is 7.42. The third kappa shape index (κ3) is 6.16. The van der Waals surface area contributed by atoms with E-state index in [4.69, 9.17) is 14.2 Å². The van der Waals surface area contributed by atoms with Crippen LogP contribution < -0.4 is 9.47 Å². The molecule has 0 aliphatic heterocycles. The molecule has 0 radical (unpaired) electrons.